The van der Waals surface area contributed by atoms with E-state index in [-0.39, 0.29) is 0 Å². The number of hydrogen-bond donors (Lipinski definition) is 0. The molecule has 0 amide bonds. The van der Waals surface area contributed by atoms with Crippen LogP contribution in [0.4, 0.5) is 0 Å². The molecular formula is C7H10Br2N2. The first-order chi connectivity index (χ1) is 5.09. The summed E-state index contributed by atoms with van der Waals surface area (Å²) in [4.78, 5) is 0. The van der Waals surface area contributed by atoms with Gasteiger partial charge in [-0.25, -0.2) is 0 Å². The van der Waals surface area contributed by atoms with E-state index in [1.165, 1.54) is 0 Å². The minimum atomic E-state index is 0.623. The molecule has 4 heteroatoms. The Balaban J connectivity index is 2.77. The lowest BCUT2D eigenvalue weighted by molar-refractivity contribution is 0.475. The molecule has 0 saturated carbocycles. The fraction of sp³-hybridized carbons (Fsp3) is 0.571. The van der Waals surface area contributed by atoms with Gasteiger partial charge in [0.1, 0.15) is 9.21 Å². The van der Waals surface area contributed by atoms with Crippen molar-refractivity contribution in [3.63, 3.8) is 0 Å². The summed E-state index contributed by atoms with van der Waals surface area (Å²) in [6.45, 7) is 5.29. The van der Waals surface area contributed by atoms with Crippen LogP contribution in [0.3, 0.4) is 0 Å². The quantitative estimate of drug-likeness (QED) is 0.815. The van der Waals surface area contributed by atoms with Crippen LogP contribution in [-0.4, -0.2) is 9.78 Å². The third-order valence-corrected chi connectivity index (χ3v) is 2.26. The van der Waals surface area contributed by atoms with E-state index >= 15 is 0 Å². The van der Waals surface area contributed by atoms with Gasteiger partial charge in [-0.2, -0.15) is 5.10 Å². The number of hydrogen-bond acceptors (Lipinski definition) is 1. The Hall–Kier alpha value is 0.170. The summed E-state index contributed by atoms with van der Waals surface area (Å²) in [7, 11) is 0. The van der Waals surface area contributed by atoms with Gasteiger partial charge >= 0.3 is 0 Å². The van der Waals surface area contributed by atoms with E-state index < -0.39 is 0 Å². The fourth-order valence-electron chi connectivity index (χ4n) is 0.839. The van der Waals surface area contributed by atoms with Crippen molar-refractivity contribution in [2.45, 2.75) is 20.4 Å². The van der Waals surface area contributed by atoms with Crippen molar-refractivity contribution in [2.75, 3.05) is 0 Å². The van der Waals surface area contributed by atoms with Crippen molar-refractivity contribution < 1.29 is 0 Å². The van der Waals surface area contributed by atoms with Gasteiger partial charge in [0.05, 0.1) is 0 Å². The van der Waals surface area contributed by atoms with Gasteiger partial charge < -0.3 is 0 Å². The van der Waals surface area contributed by atoms with Crippen molar-refractivity contribution in [3.8, 4) is 0 Å². The summed E-state index contributed by atoms with van der Waals surface area (Å²) in [6, 6.07) is 1.95. The molecule has 0 bridgehead atoms. The fourth-order valence-corrected chi connectivity index (χ4v) is 2.00. The summed E-state index contributed by atoms with van der Waals surface area (Å²) < 4.78 is 3.84. The van der Waals surface area contributed by atoms with Crippen LogP contribution in [0.15, 0.2) is 15.3 Å². The predicted molar refractivity (Wildman–Crippen MR) is 52.5 cm³/mol. The average Bonchev–Trinajstić information content (AvgIpc) is 2.09. The second-order valence-electron chi connectivity index (χ2n) is 2.87. The van der Waals surface area contributed by atoms with Crippen LogP contribution >= 0.6 is 31.9 Å². The molecule has 1 rings (SSSR count). The van der Waals surface area contributed by atoms with Crippen LogP contribution in [0.1, 0.15) is 13.8 Å². The standard InChI is InChI=1S/C7H10Br2N2/c1-5(2)4-11-7(9)3-6(8)10-11/h3,5H,4H2,1-2H3. The molecule has 11 heavy (non-hydrogen) atoms. The molecule has 2 nitrogen and oxygen atoms in total. The van der Waals surface area contributed by atoms with Gasteiger partial charge in [-0.15, -0.1) is 0 Å². The molecule has 0 unspecified atom stereocenters. The first kappa shape index (κ1) is 9.26. The zero-order chi connectivity index (χ0) is 8.43. The molecule has 0 fully saturated rings. The lowest BCUT2D eigenvalue weighted by Crippen LogP contribution is -2.05. The van der Waals surface area contributed by atoms with Gasteiger partial charge in [-0.3, -0.25) is 4.68 Å². The second kappa shape index (κ2) is 3.72. The van der Waals surface area contributed by atoms with Gasteiger partial charge in [0.25, 0.3) is 0 Å². The molecule has 0 atom stereocenters. The van der Waals surface area contributed by atoms with E-state index in [1.807, 2.05) is 10.7 Å². The zero-order valence-corrected chi connectivity index (χ0v) is 9.68. The van der Waals surface area contributed by atoms with Crippen LogP contribution in [0, 0.1) is 5.92 Å². The topological polar surface area (TPSA) is 17.8 Å². The molecule has 0 N–H and O–H groups in total. The van der Waals surface area contributed by atoms with Gasteiger partial charge in [-0.1, -0.05) is 13.8 Å². The second-order valence-corrected chi connectivity index (χ2v) is 4.49. The van der Waals surface area contributed by atoms with Crippen molar-refractivity contribution in [2.24, 2.45) is 5.92 Å². The first-order valence-electron chi connectivity index (χ1n) is 3.48. The van der Waals surface area contributed by atoms with Crippen LogP contribution < -0.4 is 0 Å². The van der Waals surface area contributed by atoms with E-state index in [2.05, 4.69) is 50.8 Å². The first-order valence-corrected chi connectivity index (χ1v) is 5.07. The van der Waals surface area contributed by atoms with E-state index in [1.54, 1.807) is 0 Å². The molecule has 62 valence electrons. The normalized spacial score (nSPS) is 11.0. The minimum Gasteiger partial charge on any atom is -0.257 e. The summed E-state index contributed by atoms with van der Waals surface area (Å²) in [5, 5.41) is 4.24. The zero-order valence-electron chi connectivity index (χ0n) is 6.51. The summed E-state index contributed by atoms with van der Waals surface area (Å²) in [5.41, 5.74) is 0. The molecule has 1 aromatic rings. The number of aromatic nitrogens is 2. The Labute approximate surface area is 83.2 Å². The molecule has 0 aliphatic rings. The Morgan fingerprint density at radius 3 is 2.55 bits per heavy atom. The molecule has 1 aromatic heterocycles. The van der Waals surface area contributed by atoms with Gasteiger partial charge in [0.15, 0.2) is 0 Å². The Kier molecular flexibility index (Phi) is 3.13. The van der Waals surface area contributed by atoms with Gasteiger partial charge in [0.2, 0.25) is 0 Å². The van der Waals surface area contributed by atoms with Crippen molar-refractivity contribution in [1.29, 1.82) is 0 Å². The van der Waals surface area contributed by atoms with Gasteiger partial charge in [-0.05, 0) is 37.8 Å². The lowest BCUT2D eigenvalue weighted by atomic mass is 10.2. The Bertz CT molecular complexity index is 243. The highest BCUT2D eigenvalue weighted by atomic mass is 79.9. The van der Waals surface area contributed by atoms with Gasteiger partial charge in [0, 0.05) is 12.6 Å². The van der Waals surface area contributed by atoms with Crippen molar-refractivity contribution in [3.05, 3.63) is 15.3 Å². The highest BCUT2D eigenvalue weighted by Crippen LogP contribution is 2.17. The van der Waals surface area contributed by atoms with Crippen molar-refractivity contribution >= 4 is 31.9 Å². The van der Waals surface area contributed by atoms with Crippen LogP contribution in [0.5, 0.6) is 0 Å². The molecule has 0 radical (unpaired) electrons. The third kappa shape index (κ3) is 2.60. The molecule has 0 aliphatic carbocycles. The third-order valence-electron chi connectivity index (χ3n) is 1.24. The van der Waals surface area contributed by atoms with E-state index in [9.17, 15) is 0 Å². The highest BCUT2D eigenvalue weighted by Gasteiger charge is 2.03. The number of rotatable bonds is 2. The molecule has 0 spiro atoms. The summed E-state index contributed by atoms with van der Waals surface area (Å²) >= 11 is 6.73. The van der Waals surface area contributed by atoms with E-state index in [0.717, 1.165) is 15.8 Å². The summed E-state index contributed by atoms with van der Waals surface area (Å²) in [5.74, 6) is 0.623. The molecular weight excluding hydrogens is 272 g/mol. The highest BCUT2D eigenvalue weighted by molar-refractivity contribution is 9.11. The minimum absolute atomic E-state index is 0.623. The lowest BCUT2D eigenvalue weighted by Gasteiger charge is -2.05. The summed E-state index contributed by atoms with van der Waals surface area (Å²) in [6.07, 6.45) is 0. The molecule has 0 aromatic carbocycles. The molecule has 0 saturated heterocycles. The molecule has 0 aliphatic heterocycles. The monoisotopic (exact) mass is 280 g/mol. The number of nitrogens with zero attached hydrogens (tertiary/aromatic N) is 2. The maximum Gasteiger partial charge on any atom is 0.129 e. The smallest absolute Gasteiger partial charge is 0.129 e. The van der Waals surface area contributed by atoms with Crippen molar-refractivity contribution in [1.82, 2.24) is 9.78 Å². The van der Waals surface area contributed by atoms with Crippen LogP contribution in [0.25, 0.3) is 0 Å². The van der Waals surface area contributed by atoms with Crippen LogP contribution in [-0.2, 0) is 6.54 Å². The maximum absolute atomic E-state index is 4.24. The number of halogens is 2. The Morgan fingerprint density at radius 1 is 1.55 bits per heavy atom. The molecule has 1 heterocycles. The van der Waals surface area contributed by atoms with Crippen LogP contribution in [0.2, 0.25) is 0 Å². The Morgan fingerprint density at radius 2 is 2.18 bits per heavy atom. The largest absolute Gasteiger partial charge is 0.257 e. The predicted octanol–water partition coefficient (Wildman–Crippen LogP) is 3.06. The van der Waals surface area contributed by atoms with E-state index in [4.69, 9.17) is 0 Å². The SMILES string of the molecule is CC(C)Cn1nc(Br)cc1Br. The average molecular weight is 282 g/mol. The maximum atomic E-state index is 4.24. The van der Waals surface area contributed by atoms with E-state index in [0.29, 0.717) is 5.92 Å².